The summed E-state index contributed by atoms with van der Waals surface area (Å²) in [5.74, 6) is -0.124. The number of rotatable bonds is 6. The maximum absolute atomic E-state index is 13.6. The summed E-state index contributed by atoms with van der Waals surface area (Å²) in [6.45, 7) is 2.16. The molecule has 1 N–H and O–H groups in total. The molecule has 0 saturated heterocycles. The van der Waals surface area contributed by atoms with Crippen molar-refractivity contribution in [1.82, 2.24) is 0 Å². The van der Waals surface area contributed by atoms with Gasteiger partial charge in [0.05, 0.1) is 18.1 Å². The molecule has 4 rings (SSSR count). The molecular weight excluding hydrogens is 394 g/mol. The number of nitrogens with one attached hydrogen (secondary N) is 1. The number of carbonyl (C=O) groups excluding carboxylic acids is 2. The van der Waals surface area contributed by atoms with Gasteiger partial charge in [-0.05, 0) is 62.5 Å². The second-order valence-electron chi connectivity index (χ2n) is 8.41. The Bertz CT molecular complexity index is 883. The third kappa shape index (κ3) is 4.46. The minimum Gasteiger partial charge on any atom is -0.462 e. The average Bonchev–Trinajstić information content (AvgIpc) is 3.13. The van der Waals surface area contributed by atoms with Gasteiger partial charge in [0, 0.05) is 4.88 Å². The van der Waals surface area contributed by atoms with E-state index in [2.05, 4.69) is 17.4 Å². The zero-order valence-electron chi connectivity index (χ0n) is 17.7. The Hall–Kier alpha value is -2.14. The Kier molecular flexibility index (Phi) is 6.88. The Balaban J connectivity index is 1.65. The van der Waals surface area contributed by atoms with E-state index in [9.17, 15) is 9.59 Å². The number of aryl methyl sites for hydroxylation is 1. The first kappa shape index (κ1) is 21.1. The summed E-state index contributed by atoms with van der Waals surface area (Å²) in [4.78, 5) is 27.6. The second kappa shape index (κ2) is 9.78. The number of anilines is 1. The fourth-order valence-corrected chi connectivity index (χ4v) is 6.31. The van der Waals surface area contributed by atoms with E-state index in [1.165, 1.54) is 24.1 Å². The molecule has 1 heterocycles. The first-order chi connectivity index (χ1) is 14.7. The van der Waals surface area contributed by atoms with Crippen LogP contribution in [0.2, 0.25) is 0 Å². The minimum absolute atomic E-state index is 0.0113. The first-order valence-electron chi connectivity index (χ1n) is 11.4. The highest BCUT2D eigenvalue weighted by molar-refractivity contribution is 7.17. The van der Waals surface area contributed by atoms with Crippen molar-refractivity contribution in [2.75, 3.05) is 11.9 Å². The van der Waals surface area contributed by atoms with Crippen molar-refractivity contribution in [1.29, 1.82) is 0 Å². The summed E-state index contributed by atoms with van der Waals surface area (Å²) >= 11 is 1.57. The average molecular weight is 426 g/mol. The lowest BCUT2D eigenvalue weighted by atomic mass is 9.76. The molecule has 30 heavy (non-hydrogen) atoms. The molecule has 1 aromatic carbocycles. The molecule has 2 aliphatic rings. The molecule has 1 saturated carbocycles. The monoisotopic (exact) mass is 425 g/mol. The van der Waals surface area contributed by atoms with Crippen molar-refractivity contribution >= 4 is 28.2 Å². The standard InChI is InChI=1S/C25H31NO3S/c1-2-29-25(28)22-19-15-9-10-16-20(19)30-24(22)26-23(27)21(17-11-5-3-6-12-17)18-13-7-4-8-14-18/h3,5-6,11-12,18,21H,2,4,7-10,13-16H2,1H3,(H,26,27). The van der Waals surface area contributed by atoms with Gasteiger partial charge < -0.3 is 10.1 Å². The van der Waals surface area contributed by atoms with Gasteiger partial charge in [0.15, 0.2) is 0 Å². The van der Waals surface area contributed by atoms with Gasteiger partial charge in [0.2, 0.25) is 5.91 Å². The zero-order valence-corrected chi connectivity index (χ0v) is 18.6. The topological polar surface area (TPSA) is 55.4 Å². The number of ether oxygens (including phenoxy) is 1. The van der Waals surface area contributed by atoms with Crippen LogP contribution in [-0.2, 0) is 22.4 Å². The summed E-state index contributed by atoms with van der Waals surface area (Å²) in [6.07, 6.45) is 9.87. The van der Waals surface area contributed by atoms with Crippen molar-refractivity contribution in [3.05, 3.63) is 51.9 Å². The summed E-state index contributed by atoms with van der Waals surface area (Å²) < 4.78 is 5.35. The van der Waals surface area contributed by atoms with Gasteiger partial charge in [-0.15, -0.1) is 11.3 Å². The molecule has 1 amide bonds. The number of amides is 1. The number of benzene rings is 1. The van der Waals surface area contributed by atoms with E-state index in [1.807, 2.05) is 25.1 Å². The highest BCUT2D eigenvalue weighted by Crippen LogP contribution is 2.41. The molecule has 0 spiro atoms. The van der Waals surface area contributed by atoms with Crippen LogP contribution in [0.3, 0.4) is 0 Å². The molecule has 1 atom stereocenters. The predicted molar refractivity (Wildman–Crippen MR) is 121 cm³/mol. The van der Waals surface area contributed by atoms with Crippen LogP contribution in [-0.4, -0.2) is 18.5 Å². The van der Waals surface area contributed by atoms with Crippen LogP contribution < -0.4 is 5.32 Å². The largest absolute Gasteiger partial charge is 0.462 e. The van der Waals surface area contributed by atoms with Crippen LogP contribution in [0.4, 0.5) is 5.00 Å². The van der Waals surface area contributed by atoms with Crippen molar-refractivity contribution in [2.24, 2.45) is 5.92 Å². The van der Waals surface area contributed by atoms with E-state index in [0.717, 1.165) is 49.7 Å². The van der Waals surface area contributed by atoms with Gasteiger partial charge >= 0.3 is 5.97 Å². The van der Waals surface area contributed by atoms with Crippen LogP contribution in [0.15, 0.2) is 30.3 Å². The van der Waals surface area contributed by atoms with Crippen LogP contribution >= 0.6 is 11.3 Å². The molecule has 0 aliphatic heterocycles. The number of carbonyl (C=O) groups is 2. The van der Waals surface area contributed by atoms with E-state index in [1.54, 1.807) is 11.3 Å². The van der Waals surface area contributed by atoms with E-state index in [0.29, 0.717) is 23.1 Å². The van der Waals surface area contributed by atoms with Crippen LogP contribution in [0.1, 0.15) is 84.1 Å². The van der Waals surface area contributed by atoms with Gasteiger partial charge in [0.25, 0.3) is 0 Å². The molecule has 0 radical (unpaired) electrons. The molecule has 1 aromatic heterocycles. The summed E-state index contributed by atoms with van der Waals surface area (Å²) in [6, 6.07) is 10.1. The minimum atomic E-state index is -0.305. The number of hydrogen-bond donors (Lipinski definition) is 1. The van der Waals surface area contributed by atoms with Crippen molar-refractivity contribution in [3.8, 4) is 0 Å². The Morgan fingerprint density at radius 3 is 2.53 bits per heavy atom. The molecule has 1 unspecified atom stereocenters. The summed E-state index contributed by atoms with van der Waals surface area (Å²) in [5.41, 5.74) is 2.76. The van der Waals surface area contributed by atoms with E-state index in [-0.39, 0.29) is 17.8 Å². The quantitative estimate of drug-likeness (QED) is 0.568. The van der Waals surface area contributed by atoms with Crippen LogP contribution in [0, 0.1) is 5.92 Å². The third-order valence-corrected chi connectivity index (χ3v) is 7.66. The smallest absolute Gasteiger partial charge is 0.341 e. The van der Waals surface area contributed by atoms with Crippen molar-refractivity contribution < 1.29 is 14.3 Å². The van der Waals surface area contributed by atoms with Crippen molar-refractivity contribution in [3.63, 3.8) is 0 Å². The fourth-order valence-electron chi connectivity index (χ4n) is 5.03. The highest BCUT2D eigenvalue weighted by atomic mass is 32.1. The maximum Gasteiger partial charge on any atom is 0.341 e. The second-order valence-corrected chi connectivity index (χ2v) is 9.52. The first-order valence-corrected chi connectivity index (χ1v) is 12.2. The molecule has 5 heteroatoms. The lowest BCUT2D eigenvalue weighted by molar-refractivity contribution is -0.119. The van der Waals surface area contributed by atoms with Gasteiger partial charge in [-0.1, -0.05) is 49.6 Å². The Morgan fingerprint density at radius 2 is 1.80 bits per heavy atom. The highest BCUT2D eigenvalue weighted by Gasteiger charge is 2.33. The molecule has 0 bridgehead atoms. The molecule has 1 fully saturated rings. The zero-order chi connectivity index (χ0) is 20.9. The molecule has 4 nitrogen and oxygen atoms in total. The molecule has 160 valence electrons. The molecular formula is C25H31NO3S. The van der Waals surface area contributed by atoms with E-state index in [4.69, 9.17) is 4.74 Å². The van der Waals surface area contributed by atoms with Crippen LogP contribution in [0.25, 0.3) is 0 Å². The lowest BCUT2D eigenvalue weighted by Crippen LogP contribution is -2.29. The van der Waals surface area contributed by atoms with Gasteiger partial charge in [0.1, 0.15) is 5.00 Å². The Morgan fingerprint density at radius 1 is 1.07 bits per heavy atom. The summed E-state index contributed by atoms with van der Waals surface area (Å²) in [5, 5.41) is 3.86. The van der Waals surface area contributed by atoms with E-state index < -0.39 is 0 Å². The molecule has 2 aliphatic carbocycles. The predicted octanol–water partition coefficient (Wildman–Crippen LogP) is 6.11. The number of fused-ring (bicyclic) bond motifs is 1. The van der Waals surface area contributed by atoms with Gasteiger partial charge in [-0.25, -0.2) is 4.79 Å². The van der Waals surface area contributed by atoms with Crippen molar-refractivity contribution in [2.45, 2.75) is 70.6 Å². The van der Waals surface area contributed by atoms with Gasteiger partial charge in [-0.2, -0.15) is 0 Å². The maximum atomic E-state index is 13.6. The molecule has 2 aromatic rings. The fraction of sp³-hybridized carbons (Fsp3) is 0.520. The lowest BCUT2D eigenvalue weighted by Gasteiger charge is -2.29. The normalized spacial score (nSPS) is 17.8. The summed E-state index contributed by atoms with van der Waals surface area (Å²) in [7, 11) is 0. The SMILES string of the molecule is CCOC(=O)c1c(NC(=O)C(c2ccccc2)C2CCCCC2)sc2c1CCCC2. The number of hydrogen-bond acceptors (Lipinski definition) is 4. The number of thiophene rings is 1. The Labute approximate surface area is 183 Å². The third-order valence-electron chi connectivity index (χ3n) is 6.45. The van der Waals surface area contributed by atoms with E-state index >= 15 is 0 Å². The number of esters is 1. The van der Waals surface area contributed by atoms with Crippen LogP contribution in [0.5, 0.6) is 0 Å². The van der Waals surface area contributed by atoms with Gasteiger partial charge in [-0.3, -0.25) is 4.79 Å².